The Morgan fingerprint density at radius 3 is 2.31 bits per heavy atom. The predicted octanol–water partition coefficient (Wildman–Crippen LogP) is 4.78. The van der Waals surface area contributed by atoms with Crippen LogP contribution in [-0.4, -0.2) is 56.3 Å². The highest BCUT2D eigenvalue weighted by Gasteiger charge is 2.70. The molecule has 4 amide bonds. The molecule has 3 fully saturated rings. The van der Waals surface area contributed by atoms with Gasteiger partial charge in [-0.15, -0.1) is 0 Å². The number of likely N-dealkylation sites (tertiary alicyclic amines) is 1. The summed E-state index contributed by atoms with van der Waals surface area (Å²) in [5, 5.41) is 20.6. The van der Waals surface area contributed by atoms with Gasteiger partial charge in [-0.25, -0.2) is 8.78 Å². The molecule has 0 radical (unpaired) electrons. The highest BCUT2D eigenvalue weighted by molar-refractivity contribution is 6.30. The number of phenols is 1. The summed E-state index contributed by atoms with van der Waals surface area (Å²) in [4.78, 5) is 69.1. The minimum atomic E-state index is -1.71. The van der Waals surface area contributed by atoms with Crippen LogP contribution < -0.4 is 5.43 Å². The van der Waals surface area contributed by atoms with E-state index in [4.69, 9.17) is 11.6 Å². The van der Waals surface area contributed by atoms with Crippen molar-refractivity contribution >= 4 is 46.9 Å². The quantitative estimate of drug-likeness (QED) is 0.240. The number of rotatable bonds is 7. The predicted molar refractivity (Wildman–Crippen MR) is 166 cm³/mol. The van der Waals surface area contributed by atoms with Gasteiger partial charge in [0.25, 0.3) is 11.8 Å². The lowest BCUT2D eigenvalue weighted by Crippen LogP contribution is -2.53. The van der Waals surface area contributed by atoms with Crippen LogP contribution >= 0.6 is 11.6 Å². The maximum atomic E-state index is 15.1. The Balaban J connectivity index is 1.43. The minimum Gasteiger partial charge on any atom is -0.505 e. The molecule has 246 valence electrons. The van der Waals surface area contributed by atoms with Crippen molar-refractivity contribution in [2.75, 3.05) is 12.0 Å². The molecule has 48 heavy (non-hydrogen) atoms. The molecule has 2 aliphatic carbocycles. The number of phenolic OH excluding ortho intramolecular Hbond substituents is 1. The molecular weight excluding hydrogens is 648 g/mol. The topological polar surface area (TPSA) is 144 Å². The monoisotopic (exact) mass is 675 g/mol. The molecule has 0 bridgehead atoms. The Morgan fingerprint density at radius 1 is 0.938 bits per heavy atom. The molecule has 7 rings (SSSR count). The first-order valence-electron chi connectivity index (χ1n) is 15.4. The number of hydrogen-bond donors (Lipinski definition) is 3. The molecule has 3 aromatic carbocycles. The van der Waals surface area contributed by atoms with Gasteiger partial charge in [-0.05, 0) is 78.4 Å². The number of carbonyl (C=O) groups excluding carboxylic acids is 4. The van der Waals surface area contributed by atoms with Crippen LogP contribution in [0.2, 0.25) is 5.02 Å². The standard InChI is InChI=1S/C35H28ClF2N3O7/c36-19-4-2-18(3-5-19)35-25(32(46)41(34(35)48)39-21-8-6-20(37)7-9-21)16-24-22(30(35)17-1-12-27(42)26(38)15-17)10-11-23-29(24)33(47)40(31(23)45)14-13-28(43)44/h1-10,12,15,23-25,29-30,39,42H,11,13-14,16H2,(H,43,44). The van der Waals surface area contributed by atoms with Crippen LogP contribution in [0.25, 0.3) is 0 Å². The Morgan fingerprint density at radius 2 is 1.65 bits per heavy atom. The molecule has 13 heteroatoms. The Bertz CT molecular complexity index is 1920. The third-order valence-electron chi connectivity index (χ3n) is 10.2. The van der Waals surface area contributed by atoms with Crippen molar-refractivity contribution in [1.29, 1.82) is 0 Å². The zero-order valence-corrected chi connectivity index (χ0v) is 25.9. The number of allylic oxidation sites excluding steroid dienone is 2. The maximum Gasteiger partial charge on any atom is 0.305 e. The fraction of sp³-hybridized carbons (Fsp3) is 0.286. The smallest absolute Gasteiger partial charge is 0.305 e. The number of aliphatic carboxylic acids is 1. The molecule has 0 spiro atoms. The van der Waals surface area contributed by atoms with Gasteiger partial charge in [0.15, 0.2) is 11.6 Å². The number of carboxylic acid groups (broad SMARTS) is 1. The number of hydrogen-bond acceptors (Lipinski definition) is 7. The summed E-state index contributed by atoms with van der Waals surface area (Å²) in [6, 6.07) is 15.1. The van der Waals surface area contributed by atoms with Crippen LogP contribution in [0, 0.1) is 35.3 Å². The lowest BCUT2D eigenvalue weighted by Gasteiger charge is -2.50. The lowest BCUT2D eigenvalue weighted by molar-refractivity contribution is -0.143. The van der Waals surface area contributed by atoms with E-state index in [2.05, 4.69) is 5.43 Å². The Labute approximate surface area is 277 Å². The summed E-state index contributed by atoms with van der Waals surface area (Å²) in [6.45, 7) is -0.306. The third-order valence-corrected chi connectivity index (χ3v) is 10.5. The van der Waals surface area contributed by atoms with E-state index in [0.717, 1.165) is 34.2 Å². The molecule has 2 aliphatic heterocycles. The Hall–Kier alpha value is -5.10. The number of halogens is 3. The molecule has 2 saturated heterocycles. The van der Waals surface area contributed by atoms with Gasteiger partial charge in [0.2, 0.25) is 11.8 Å². The number of benzene rings is 3. The number of anilines is 1. The highest BCUT2D eigenvalue weighted by Crippen LogP contribution is 2.64. The largest absolute Gasteiger partial charge is 0.505 e. The van der Waals surface area contributed by atoms with E-state index in [1.807, 2.05) is 0 Å². The van der Waals surface area contributed by atoms with Crippen molar-refractivity contribution in [3.8, 4) is 5.75 Å². The Kier molecular flexibility index (Phi) is 7.58. The minimum absolute atomic E-state index is 0.0370. The second-order valence-electron chi connectivity index (χ2n) is 12.6. The third kappa shape index (κ3) is 4.68. The van der Waals surface area contributed by atoms with Crippen LogP contribution in [0.15, 0.2) is 78.4 Å². The van der Waals surface area contributed by atoms with Crippen molar-refractivity contribution in [2.24, 2.45) is 23.7 Å². The average molecular weight is 676 g/mol. The fourth-order valence-corrected chi connectivity index (χ4v) is 8.35. The summed E-state index contributed by atoms with van der Waals surface area (Å²) >= 11 is 6.25. The first kappa shape index (κ1) is 31.5. The van der Waals surface area contributed by atoms with Gasteiger partial charge in [-0.3, -0.25) is 34.3 Å². The maximum absolute atomic E-state index is 15.1. The molecule has 2 heterocycles. The summed E-state index contributed by atoms with van der Waals surface area (Å²) in [7, 11) is 0. The fourth-order valence-electron chi connectivity index (χ4n) is 8.23. The van der Waals surface area contributed by atoms with Crippen LogP contribution in [0.1, 0.15) is 36.3 Å². The summed E-state index contributed by atoms with van der Waals surface area (Å²) < 4.78 is 28.9. The van der Waals surface area contributed by atoms with E-state index in [1.165, 1.54) is 18.2 Å². The number of aromatic hydroxyl groups is 1. The number of carbonyl (C=O) groups is 5. The van der Waals surface area contributed by atoms with Crippen LogP contribution in [0.5, 0.6) is 5.75 Å². The van der Waals surface area contributed by atoms with Crippen molar-refractivity contribution in [3.63, 3.8) is 0 Å². The SMILES string of the molecule is O=C(O)CCN1C(=O)C2CC=C3C(CC4C(=O)N(Nc5ccc(F)cc5)C(=O)C4(c4ccc(Cl)cc4)C3c3ccc(O)c(F)c3)C2C1=O. The van der Waals surface area contributed by atoms with Crippen LogP contribution in [-0.2, 0) is 29.4 Å². The second kappa shape index (κ2) is 11.6. The van der Waals surface area contributed by atoms with E-state index < -0.39 is 88.4 Å². The zero-order chi connectivity index (χ0) is 34.1. The van der Waals surface area contributed by atoms with Crippen molar-refractivity contribution < 1.29 is 43.0 Å². The first-order chi connectivity index (χ1) is 22.9. The van der Waals surface area contributed by atoms with E-state index in [-0.39, 0.29) is 30.6 Å². The molecule has 6 unspecified atom stereocenters. The van der Waals surface area contributed by atoms with Gasteiger partial charge in [0, 0.05) is 17.5 Å². The molecule has 3 aromatic rings. The molecule has 4 aliphatic rings. The summed E-state index contributed by atoms with van der Waals surface area (Å²) in [6.07, 6.45) is 1.40. The number of hydrazine groups is 1. The zero-order valence-electron chi connectivity index (χ0n) is 25.1. The second-order valence-corrected chi connectivity index (χ2v) is 13.0. The number of nitrogens with zero attached hydrogens (tertiary/aromatic N) is 2. The van der Waals surface area contributed by atoms with E-state index in [0.29, 0.717) is 16.2 Å². The summed E-state index contributed by atoms with van der Waals surface area (Å²) in [5.41, 5.74) is 2.57. The molecule has 1 saturated carbocycles. The lowest BCUT2D eigenvalue weighted by atomic mass is 9.49. The van der Waals surface area contributed by atoms with Crippen LogP contribution in [0.4, 0.5) is 14.5 Å². The van der Waals surface area contributed by atoms with Gasteiger partial charge in [0.05, 0.1) is 35.3 Å². The average Bonchev–Trinajstić information content (AvgIpc) is 3.43. The number of carboxylic acids is 1. The highest BCUT2D eigenvalue weighted by atomic mass is 35.5. The first-order valence-corrected chi connectivity index (χ1v) is 15.7. The summed E-state index contributed by atoms with van der Waals surface area (Å²) in [5.74, 6) is -10.4. The van der Waals surface area contributed by atoms with Gasteiger partial charge < -0.3 is 10.2 Å². The van der Waals surface area contributed by atoms with E-state index in [1.54, 1.807) is 30.3 Å². The van der Waals surface area contributed by atoms with Crippen LogP contribution in [0.3, 0.4) is 0 Å². The van der Waals surface area contributed by atoms with E-state index in [9.17, 15) is 38.6 Å². The molecule has 6 atom stereocenters. The molecule has 3 N–H and O–H groups in total. The van der Waals surface area contributed by atoms with Gasteiger partial charge >= 0.3 is 5.97 Å². The van der Waals surface area contributed by atoms with Gasteiger partial charge in [0.1, 0.15) is 5.82 Å². The normalized spacial score (nSPS) is 27.8. The van der Waals surface area contributed by atoms with Gasteiger partial charge in [-0.2, -0.15) is 5.01 Å². The van der Waals surface area contributed by atoms with E-state index >= 15 is 4.39 Å². The van der Waals surface area contributed by atoms with Crippen molar-refractivity contribution in [2.45, 2.75) is 30.6 Å². The number of amides is 4. The number of fused-ring (bicyclic) bond motifs is 4. The molecule has 10 nitrogen and oxygen atoms in total. The van der Waals surface area contributed by atoms with Gasteiger partial charge in [-0.1, -0.05) is 41.4 Å². The molecule has 0 aromatic heterocycles. The molecular formula is C35H28ClF2N3O7. The van der Waals surface area contributed by atoms with Crippen molar-refractivity contribution in [3.05, 3.63) is 106 Å². The number of imide groups is 2. The number of nitrogens with one attached hydrogen (secondary N) is 1. The van der Waals surface area contributed by atoms with Crippen molar-refractivity contribution in [1.82, 2.24) is 9.91 Å².